The zero-order valence-corrected chi connectivity index (χ0v) is 15.1. The molecule has 1 fully saturated rings. The van der Waals surface area contributed by atoms with Crippen LogP contribution in [0.3, 0.4) is 0 Å². The third kappa shape index (κ3) is 5.07. The Bertz CT molecular complexity index is 791. The highest BCUT2D eigenvalue weighted by molar-refractivity contribution is 5.60. The van der Waals surface area contributed by atoms with E-state index in [4.69, 9.17) is 5.73 Å². The summed E-state index contributed by atoms with van der Waals surface area (Å²) in [7, 11) is 0. The number of rotatable bonds is 7. The molecular weight excluding hydrogens is 346 g/mol. The summed E-state index contributed by atoms with van der Waals surface area (Å²) in [5.41, 5.74) is 6.61. The topological polar surface area (TPSA) is 126 Å². The second-order valence-corrected chi connectivity index (χ2v) is 6.97. The molecular formula is C19H25N5O3. The van der Waals surface area contributed by atoms with Gasteiger partial charge in [0.25, 0.3) is 0 Å². The van der Waals surface area contributed by atoms with Crippen LogP contribution in [0.4, 0.5) is 17.3 Å². The monoisotopic (exact) mass is 371 g/mol. The fourth-order valence-corrected chi connectivity index (χ4v) is 3.31. The van der Waals surface area contributed by atoms with Crippen molar-refractivity contribution >= 4 is 17.3 Å². The number of para-hydroxylation sites is 1. The van der Waals surface area contributed by atoms with Crippen LogP contribution in [0.15, 0.2) is 36.4 Å². The molecule has 1 aliphatic rings. The standard InChI is InChI=1S/C19H25N5O3/c20-15-7-5-13(6-8-15)11-22-19-16(24(26)27)9-10-18(23-19)21-12-14-3-1-2-4-17(14)25/h1-4,9-10,13,15,25H,5-8,11-12,20H2,(H2,21,22,23). The van der Waals surface area contributed by atoms with Crippen LogP contribution in [0.5, 0.6) is 5.75 Å². The normalized spacial score (nSPS) is 19.4. The molecule has 0 aliphatic heterocycles. The van der Waals surface area contributed by atoms with Gasteiger partial charge in [-0.15, -0.1) is 0 Å². The molecule has 1 aromatic heterocycles. The van der Waals surface area contributed by atoms with Crippen LogP contribution < -0.4 is 16.4 Å². The molecule has 0 saturated heterocycles. The van der Waals surface area contributed by atoms with Crippen molar-refractivity contribution in [3.05, 3.63) is 52.1 Å². The zero-order chi connectivity index (χ0) is 19.2. The van der Waals surface area contributed by atoms with Crippen molar-refractivity contribution in [3.8, 4) is 5.75 Å². The van der Waals surface area contributed by atoms with Gasteiger partial charge in [-0.1, -0.05) is 18.2 Å². The fourth-order valence-electron chi connectivity index (χ4n) is 3.31. The van der Waals surface area contributed by atoms with Crippen LogP contribution in [0.2, 0.25) is 0 Å². The molecule has 1 aliphatic carbocycles. The third-order valence-electron chi connectivity index (χ3n) is 4.97. The fraction of sp³-hybridized carbons (Fsp3) is 0.421. The number of hydrogen-bond acceptors (Lipinski definition) is 7. The van der Waals surface area contributed by atoms with E-state index in [2.05, 4.69) is 15.6 Å². The Hall–Kier alpha value is -2.87. The summed E-state index contributed by atoms with van der Waals surface area (Å²) in [6, 6.07) is 10.3. The average molecular weight is 371 g/mol. The van der Waals surface area contributed by atoms with Crippen LogP contribution in [-0.4, -0.2) is 27.6 Å². The molecule has 0 atom stereocenters. The van der Waals surface area contributed by atoms with Crippen molar-refractivity contribution in [2.24, 2.45) is 11.7 Å². The zero-order valence-electron chi connectivity index (χ0n) is 15.1. The Balaban J connectivity index is 1.67. The minimum atomic E-state index is -0.432. The number of hydrogen-bond donors (Lipinski definition) is 4. The minimum absolute atomic E-state index is 0.0457. The first kappa shape index (κ1) is 18.9. The lowest BCUT2D eigenvalue weighted by atomic mass is 9.86. The third-order valence-corrected chi connectivity index (χ3v) is 4.97. The van der Waals surface area contributed by atoms with Crippen molar-refractivity contribution in [1.82, 2.24) is 4.98 Å². The lowest BCUT2D eigenvalue weighted by molar-refractivity contribution is -0.384. The number of anilines is 2. The number of phenols is 1. The van der Waals surface area contributed by atoms with Gasteiger partial charge >= 0.3 is 5.69 Å². The minimum Gasteiger partial charge on any atom is -0.508 e. The Kier molecular flexibility index (Phi) is 6.08. The number of pyridine rings is 1. The van der Waals surface area contributed by atoms with E-state index in [-0.39, 0.29) is 23.3 Å². The number of nitrogens with two attached hydrogens (primary N) is 1. The first-order chi connectivity index (χ1) is 13.0. The number of phenolic OH excluding ortho intramolecular Hbond substituents is 1. The van der Waals surface area contributed by atoms with Crippen molar-refractivity contribution in [3.63, 3.8) is 0 Å². The molecule has 1 saturated carbocycles. The molecule has 1 heterocycles. The summed E-state index contributed by atoms with van der Waals surface area (Å²) in [6.45, 7) is 1.01. The van der Waals surface area contributed by atoms with Gasteiger partial charge in [-0.3, -0.25) is 10.1 Å². The van der Waals surface area contributed by atoms with Gasteiger partial charge in [0.05, 0.1) is 4.92 Å². The summed E-state index contributed by atoms with van der Waals surface area (Å²) in [5, 5.41) is 27.4. The lowest BCUT2D eigenvalue weighted by Gasteiger charge is -2.26. The van der Waals surface area contributed by atoms with E-state index in [1.54, 1.807) is 24.3 Å². The van der Waals surface area contributed by atoms with Crippen LogP contribution in [-0.2, 0) is 6.54 Å². The highest BCUT2D eigenvalue weighted by Crippen LogP contribution is 2.28. The quantitative estimate of drug-likeness (QED) is 0.435. The van der Waals surface area contributed by atoms with Crippen molar-refractivity contribution < 1.29 is 10.0 Å². The summed E-state index contributed by atoms with van der Waals surface area (Å²) in [5.74, 6) is 1.42. The van der Waals surface area contributed by atoms with E-state index in [1.165, 1.54) is 6.07 Å². The highest BCUT2D eigenvalue weighted by atomic mass is 16.6. The van der Waals surface area contributed by atoms with Crippen LogP contribution in [0.25, 0.3) is 0 Å². The molecule has 8 heteroatoms. The van der Waals surface area contributed by atoms with Gasteiger partial charge in [-0.2, -0.15) is 0 Å². The second-order valence-electron chi connectivity index (χ2n) is 6.97. The summed E-state index contributed by atoms with van der Waals surface area (Å²) in [4.78, 5) is 15.2. The lowest BCUT2D eigenvalue weighted by Crippen LogP contribution is -2.29. The summed E-state index contributed by atoms with van der Waals surface area (Å²) < 4.78 is 0. The van der Waals surface area contributed by atoms with Crippen molar-refractivity contribution in [2.45, 2.75) is 38.3 Å². The van der Waals surface area contributed by atoms with Gasteiger partial charge < -0.3 is 21.5 Å². The van der Waals surface area contributed by atoms with E-state index in [1.807, 2.05) is 6.07 Å². The Morgan fingerprint density at radius 3 is 2.59 bits per heavy atom. The van der Waals surface area contributed by atoms with Gasteiger partial charge in [0.2, 0.25) is 5.82 Å². The first-order valence-electron chi connectivity index (χ1n) is 9.18. The SMILES string of the molecule is NC1CCC(CNc2nc(NCc3ccccc3O)ccc2[N+](=O)[O-])CC1. The van der Waals surface area contributed by atoms with Gasteiger partial charge in [-0.05, 0) is 43.7 Å². The van der Waals surface area contributed by atoms with Crippen molar-refractivity contribution in [1.29, 1.82) is 0 Å². The van der Waals surface area contributed by atoms with E-state index in [0.717, 1.165) is 31.2 Å². The maximum absolute atomic E-state index is 11.3. The number of nitrogens with zero attached hydrogens (tertiary/aromatic N) is 2. The number of nitrogens with one attached hydrogen (secondary N) is 2. The Morgan fingerprint density at radius 1 is 1.15 bits per heavy atom. The summed E-state index contributed by atoms with van der Waals surface area (Å²) >= 11 is 0. The number of aromatic hydroxyl groups is 1. The van der Waals surface area contributed by atoms with Crippen LogP contribution in [0, 0.1) is 16.0 Å². The Labute approximate surface area is 158 Å². The largest absolute Gasteiger partial charge is 0.508 e. The number of aromatic nitrogens is 1. The molecule has 0 bridgehead atoms. The molecule has 27 heavy (non-hydrogen) atoms. The second kappa shape index (κ2) is 8.68. The van der Waals surface area contributed by atoms with Gasteiger partial charge in [0.1, 0.15) is 11.6 Å². The molecule has 0 unspecified atom stereocenters. The van der Waals surface area contributed by atoms with Gasteiger partial charge in [-0.25, -0.2) is 4.98 Å². The van der Waals surface area contributed by atoms with Gasteiger partial charge in [0.15, 0.2) is 0 Å². The molecule has 144 valence electrons. The average Bonchev–Trinajstić information content (AvgIpc) is 2.67. The highest BCUT2D eigenvalue weighted by Gasteiger charge is 2.21. The molecule has 1 aromatic carbocycles. The van der Waals surface area contributed by atoms with Crippen molar-refractivity contribution in [2.75, 3.05) is 17.2 Å². The van der Waals surface area contributed by atoms with Crippen LogP contribution in [0.1, 0.15) is 31.2 Å². The smallest absolute Gasteiger partial charge is 0.311 e. The number of benzene rings is 1. The molecule has 3 rings (SSSR count). The predicted octanol–water partition coefficient (Wildman–Crippen LogP) is 3.24. The molecule has 8 nitrogen and oxygen atoms in total. The first-order valence-corrected chi connectivity index (χ1v) is 9.18. The molecule has 5 N–H and O–H groups in total. The Morgan fingerprint density at radius 2 is 1.89 bits per heavy atom. The van der Waals surface area contributed by atoms with E-state index >= 15 is 0 Å². The number of nitro groups is 1. The van der Waals surface area contributed by atoms with Crippen LogP contribution >= 0.6 is 0 Å². The maximum atomic E-state index is 11.3. The summed E-state index contributed by atoms with van der Waals surface area (Å²) in [6.07, 6.45) is 4.02. The molecule has 0 amide bonds. The van der Waals surface area contributed by atoms with Gasteiger partial charge in [0, 0.05) is 30.8 Å². The molecule has 0 spiro atoms. The molecule has 0 radical (unpaired) electrons. The predicted molar refractivity (Wildman–Crippen MR) is 105 cm³/mol. The molecule has 2 aromatic rings. The van der Waals surface area contributed by atoms with E-state index in [0.29, 0.717) is 24.8 Å². The van der Waals surface area contributed by atoms with E-state index in [9.17, 15) is 15.2 Å². The van der Waals surface area contributed by atoms with E-state index < -0.39 is 4.92 Å². The maximum Gasteiger partial charge on any atom is 0.311 e.